The molecule has 1 aliphatic heterocycles. The van der Waals surface area contributed by atoms with Crippen molar-refractivity contribution in [3.05, 3.63) is 35.9 Å². The van der Waals surface area contributed by atoms with Crippen LogP contribution in [-0.2, 0) is 11.8 Å². The van der Waals surface area contributed by atoms with E-state index in [1.807, 2.05) is 36.6 Å². The Hall–Kier alpha value is -3.62. The lowest BCUT2D eigenvalue weighted by molar-refractivity contribution is -0.274. The van der Waals surface area contributed by atoms with E-state index in [-0.39, 0.29) is 11.7 Å². The maximum absolute atomic E-state index is 13.2. The molecule has 0 saturated carbocycles. The van der Waals surface area contributed by atoms with Gasteiger partial charge in [-0.1, -0.05) is 11.3 Å². The fourth-order valence-electron chi connectivity index (χ4n) is 4.51. The SMILES string of the molecule is CCN(C)c1cc2c(cc1C(=O)NCCN1CCOCC1)nc(Nc1nc3ccc(OC(F)(F)F)cc3s1)n2C. The average Bonchev–Trinajstić information content (AvgIpc) is 3.46. The maximum atomic E-state index is 13.2. The first-order valence-electron chi connectivity index (χ1n) is 12.8. The van der Waals surface area contributed by atoms with Gasteiger partial charge in [0.2, 0.25) is 5.95 Å². The summed E-state index contributed by atoms with van der Waals surface area (Å²) in [5, 5.41) is 6.67. The number of hydrogen-bond acceptors (Lipinski definition) is 9. The number of halogens is 3. The molecular formula is C26H30F3N7O3S. The minimum absolute atomic E-state index is 0.173. The highest BCUT2D eigenvalue weighted by atomic mass is 32.1. The summed E-state index contributed by atoms with van der Waals surface area (Å²) in [5.74, 6) is 0.00530. The number of morpholine rings is 1. The van der Waals surface area contributed by atoms with Crippen molar-refractivity contribution in [2.24, 2.45) is 7.05 Å². The molecule has 40 heavy (non-hydrogen) atoms. The lowest BCUT2D eigenvalue weighted by atomic mass is 10.1. The molecule has 0 atom stereocenters. The molecule has 0 radical (unpaired) electrons. The Morgan fingerprint density at radius 1 is 1.18 bits per heavy atom. The van der Waals surface area contributed by atoms with Gasteiger partial charge in [-0.15, -0.1) is 13.2 Å². The van der Waals surface area contributed by atoms with Crippen molar-refractivity contribution < 1.29 is 27.4 Å². The predicted octanol–water partition coefficient (Wildman–Crippen LogP) is 4.34. The van der Waals surface area contributed by atoms with Gasteiger partial charge in [0.25, 0.3) is 5.91 Å². The van der Waals surface area contributed by atoms with Crippen LogP contribution < -0.4 is 20.3 Å². The summed E-state index contributed by atoms with van der Waals surface area (Å²) in [5.41, 5.74) is 3.28. The van der Waals surface area contributed by atoms with E-state index in [4.69, 9.17) is 9.72 Å². The molecule has 4 aromatic rings. The maximum Gasteiger partial charge on any atom is 0.573 e. The van der Waals surface area contributed by atoms with Crippen LogP contribution in [0.25, 0.3) is 21.3 Å². The highest BCUT2D eigenvalue weighted by Gasteiger charge is 2.31. The second-order valence-electron chi connectivity index (χ2n) is 9.40. The van der Waals surface area contributed by atoms with E-state index in [1.54, 1.807) is 6.07 Å². The van der Waals surface area contributed by atoms with Crippen molar-refractivity contribution in [3.8, 4) is 5.75 Å². The standard InChI is InChI=1S/C26H30F3N7O3S/c1-4-34(2)20-15-21-19(14-17(20)23(37)30-7-8-36-9-11-38-12-10-36)31-24(35(21)3)33-25-32-18-6-5-16(13-22(18)40-25)39-26(27,28)29/h5-6,13-15H,4,7-12H2,1-3H3,(H,30,37)(H,31,32,33). The molecule has 0 aliphatic carbocycles. The van der Waals surface area contributed by atoms with Gasteiger partial charge in [-0.2, -0.15) is 0 Å². The molecule has 0 unspecified atom stereocenters. The molecule has 0 bridgehead atoms. The molecule has 5 rings (SSSR count). The molecule has 1 amide bonds. The van der Waals surface area contributed by atoms with Crippen molar-refractivity contribution in [3.63, 3.8) is 0 Å². The Balaban J connectivity index is 1.38. The monoisotopic (exact) mass is 577 g/mol. The number of fused-ring (bicyclic) bond motifs is 2. The molecule has 3 heterocycles. The predicted molar refractivity (Wildman–Crippen MR) is 149 cm³/mol. The molecule has 1 aliphatic rings. The minimum atomic E-state index is -4.77. The van der Waals surface area contributed by atoms with Crippen molar-refractivity contribution >= 4 is 55.3 Å². The Bertz CT molecular complexity index is 1510. The fourth-order valence-corrected chi connectivity index (χ4v) is 5.39. The van der Waals surface area contributed by atoms with Crippen LogP contribution in [0.4, 0.5) is 29.9 Å². The number of imidazole rings is 1. The van der Waals surface area contributed by atoms with E-state index in [0.717, 1.165) is 30.8 Å². The summed E-state index contributed by atoms with van der Waals surface area (Å²) in [6, 6.07) is 7.73. The zero-order valence-electron chi connectivity index (χ0n) is 22.3. The number of carbonyl (C=O) groups is 1. The summed E-state index contributed by atoms with van der Waals surface area (Å²) in [6.07, 6.45) is -4.77. The number of alkyl halides is 3. The van der Waals surface area contributed by atoms with Crippen LogP contribution in [-0.4, -0.2) is 84.7 Å². The van der Waals surface area contributed by atoms with E-state index in [0.29, 0.717) is 58.7 Å². The van der Waals surface area contributed by atoms with Crippen molar-refractivity contribution in [1.29, 1.82) is 0 Å². The molecule has 214 valence electrons. The molecule has 2 N–H and O–H groups in total. The van der Waals surface area contributed by atoms with Gasteiger partial charge in [-0.05, 0) is 31.2 Å². The first-order chi connectivity index (χ1) is 19.1. The third kappa shape index (κ3) is 6.24. The van der Waals surface area contributed by atoms with Gasteiger partial charge in [-0.3, -0.25) is 9.69 Å². The number of aryl methyl sites for hydroxylation is 1. The van der Waals surface area contributed by atoms with Crippen LogP contribution in [0.5, 0.6) is 5.75 Å². The third-order valence-corrected chi connectivity index (χ3v) is 7.69. The van der Waals surface area contributed by atoms with Crippen LogP contribution in [0.2, 0.25) is 0 Å². The number of carbonyl (C=O) groups excluding carboxylic acids is 1. The lowest BCUT2D eigenvalue weighted by Gasteiger charge is -2.26. The Morgan fingerprint density at radius 2 is 1.95 bits per heavy atom. The number of aromatic nitrogens is 3. The van der Waals surface area contributed by atoms with E-state index in [2.05, 4.69) is 25.3 Å². The smallest absolute Gasteiger partial charge is 0.406 e. The van der Waals surface area contributed by atoms with Gasteiger partial charge in [0.1, 0.15) is 5.75 Å². The number of nitrogens with zero attached hydrogens (tertiary/aromatic N) is 5. The van der Waals surface area contributed by atoms with E-state index < -0.39 is 6.36 Å². The highest BCUT2D eigenvalue weighted by Crippen LogP contribution is 2.34. The number of ether oxygens (including phenoxy) is 2. The summed E-state index contributed by atoms with van der Waals surface area (Å²) in [7, 11) is 3.77. The minimum Gasteiger partial charge on any atom is -0.406 e. The van der Waals surface area contributed by atoms with Gasteiger partial charge < -0.3 is 29.6 Å². The van der Waals surface area contributed by atoms with Crippen LogP contribution in [0.3, 0.4) is 0 Å². The molecule has 2 aromatic heterocycles. The quantitative estimate of drug-likeness (QED) is 0.303. The third-order valence-electron chi connectivity index (χ3n) is 6.76. The van der Waals surface area contributed by atoms with Gasteiger partial charge in [-0.25, -0.2) is 9.97 Å². The summed E-state index contributed by atoms with van der Waals surface area (Å²) in [4.78, 5) is 26.7. The van der Waals surface area contributed by atoms with Gasteiger partial charge >= 0.3 is 6.36 Å². The molecule has 1 saturated heterocycles. The Morgan fingerprint density at radius 3 is 2.67 bits per heavy atom. The van der Waals surface area contributed by atoms with Crippen molar-refractivity contribution in [1.82, 2.24) is 24.8 Å². The van der Waals surface area contributed by atoms with Crippen LogP contribution >= 0.6 is 11.3 Å². The number of benzene rings is 2. The number of hydrogen-bond donors (Lipinski definition) is 2. The first kappa shape index (κ1) is 27.9. The van der Waals surface area contributed by atoms with E-state index in [1.165, 1.54) is 29.5 Å². The summed E-state index contributed by atoms with van der Waals surface area (Å²) in [6.45, 7) is 7.11. The molecule has 1 fully saturated rings. The largest absolute Gasteiger partial charge is 0.573 e. The zero-order valence-corrected chi connectivity index (χ0v) is 23.2. The number of thiazole rings is 1. The highest BCUT2D eigenvalue weighted by molar-refractivity contribution is 7.22. The average molecular weight is 578 g/mol. The summed E-state index contributed by atoms with van der Waals surface area (Å²) < 4.78 is 49.6. The molecule has 0 spiro atoms. The normalized spacial score (nSPS) is 14.6. The second-order valence-corrected chi connectivity index (χ2v) is 10.4. The van der Waals surface area contributed by atoms with Crippen molar-refractivity contribution in [2.75, 3.05) is 63.2 Å². The molecule has 14 heteroatoms. The molecule has 2 aromatic carbocycles. The molecule has 10 nitrogen and oxygen atoms in total. The second kappa shape index (κ2) is 11.5. The lowest BCUT2D eigenvalue weighted by Crippen LogP contribution is -2.41. The summed E-state index contributed by atoms with van der Waals surface area (Å²) >= 11 is 1.18. The number of nitrogens with one attached hydrogen (secondary N) is 2. The van der Waals surface area contributed by atoms with Crippen LogP contribution in [0.1, 0.15) is 17.3 Å². The van der Waals surface area contributed by atoms with Gasteiger partial charge in [0, 0.05) is 52.9 Å². The number of amides is 1. The Labute approximate surface area is 232 Å². The Kier molecular flexibility index (Phi) is 8.01. The zero-order chi connectivity index (χ0) is 28.4. The number of rotatable bonds is 9. The van der Waals surface area contributed by atoms with Gasteiger partial charge in [0.05, 0.1) is 45.7 Å². The fraction of sp³-hybridized carbons (Fsp3) is 0.423. The van der Waals surface area contributed by atoms with Crippen molar-refractivity contribution in [2.45, 2.75) is 13.3 Å². The van der Waals surface area contributed by atoms with Crippen LogP contribution in [0.15, 0.2) is 30.3 Å². The van der Waals surface area contributed by atoms with Gasteiger partial charge in [0.15, 0.2) is 5.13 Å². The topological polar surface area (TPSA) is 96.8 Å². The molecular weight excluding hydrogens is 547 g/mol. The van der Waals surface area contributed by atoms with E-state index in [9.17, 15) is 18.0 Å². The number of anilines is 3. The van der Waals surface area contributed by atoms with E-state index >= 15 is 0 Å². The first-order valence-corrected chi connectivity index (χ1v) is 13.7. The van der Waals surface area contributed by atoms with Crippen LogP contribution in [0, 0.1) is 0 Å².